The lowest BCUT2D eigenvalue weighted by atomic mass is 10.1. The molecule has 2 aromatic carbocycles. The molecular formula is C20H23N3O4S. The summed E-state index contributed by atoms with van der Waals surface area (Å²) in [6, 6.07) is 13.8. The summed E-state index contributed by atoms with van der Waals surface area (Å²) in [7, 11) is -0.592. The maximum atomic E-state index is 12.1. The number of hydrogen-bond donors (Lipinski definition) is 1. The zero-order valence-corrected chi connectivity index (χ0v) is 16.7. The Kier molecular flexibility index (Phi) is 6.11. The van der Waals surface area contributed by atoms with Crippen molar-refractivity contribution in [2.24, 2.45) is 4.99 Å². The second-order valence-corrected chi connectivity index (χ2v) is 8.70. The fourth-order valence-electron chi connectivity index (χ4n) is 2.79. The summed E-state index contributed by atoms with van der Waals surface area (Å²) >= 11 is 0. The standard InChI is InChI=1S/C20H23N3O4S/c1-23(2)28(25,26)17-10-8-15(9-11-17)20(24)27-13-5-12-21-19-18-7-4-3-6-16(18)14-22-19/h3-4,6-11H,5,12-14H2,1-2H3,(H,21,22). The fraction of sp³-hybridized carbons (Fsp3) is 0.300. The van der Waals surface area contributed by atoms with E-state index in [2.05, 4.69) is 16.4 Å². The van der Waals surface area contributed by atoms with Gasteiger partial charge in [0.1, 0.15) is 5.84 Å². The Bertz CT molecular complexity index is 983. The van der Waals surface area contributed by atoms with Crippen molar-refractivity contribution in [1.29, 1.82) is 0 Å². The number of ether oxygens (including phenoxy) is 1. The Labute approximate surface area is 165 Å². The summed E-state index contributed by atoms with van der Waals surface area (Å²) in [5, 5.41) is 3.27. The van der Waals surface area contributed by atoms with Gasteiger partial charge < -0.3 is 10.1 Å². The molecule has 7 nitrogen and oxygen atoms in total. The fourth-order valence-corrected chi connectivity index (χ4v) is 3.69. The van der Waals surface area contributed by atoms with Gasteiger partial charge in [-0.25, -0.2) is 17.5 Å². The quantitative estimate of drug-likeness (QED) is 0.567. The third-order valence-electron chi connectivity index (χ3n) is 4.40. The van der Waals surface area contributed by atoms with Crippen molar-refractivity contribution in [2.45, 2.75) is 17.9 Å². The molecule has 0 saturated heterocycles. The Morgan fingerprint density at radius 2 is 1.86 bits per heavy atom. The van der Waals surface area contributed by atoms with Crippen LogP contribution in [0.25, 0.3) is 0 Å². The summed E-state index contributed by atoms with van der Waals surface area (Å²) in [4.78, 5) is 16.7. The summed E-state index contributed by atoms with van der Waals surface area (Å²) in [6.45, 7) is 1.59. The van der Waals surface area contributed by atoms with E-state index in [9.17, 15) is 13.2 Å². The number of rotatable bonds is 7. The zero-order valence-electron chi connectivity index (χ0n) is 15.9. The van der Waals surface area contributed by atoms with Gasteiger partial charge >= 0.3 is 5.97 Å². The summed E-state index contributed by atoms with van der Waals surface area (Å²) in [5.41, 5.74) is 2.64. The van der Waals surface area contributed by atoms with Gasteiger partial charge in [0, 0.05) is 26.2 Å². The molecule has 1 aliphatic heterocycles. The van der Waals surface area contributed by atoms with Crippen LogP contribution in [0.15, 0.2) is 58.4 Å². The first kappa shape index (κ1) is 20.0. The number of amidine groups is 1. The van der Waals surface area contributed by atoms with Crippen molar-refractivity contribution in [3.63, 3.8) is 0 Å². The van der Waals surface area contributed by atoms with E-state index in [-0.39, 0.29) is 11.5 Å². The first-order valence-corrected chi connectivity index (χ1v) is 10.4. The average Bonchev–Trinajstić information content (AvgIpc) is 3.11. The van der Waals surface area contributed by atoms with Gasteiger partial charge in [-0.05, 0) is 36.2 Å². The van der Waals surface area contributed by atoms with Crippen LogP contribution in [-0.2, 0) is 21.3 Å². The molecule has 0 atom stereocenters. The van der Waals surface area contributed by atoms with Gasteiger partial charge in [-0.15, -0.1) is 0 Å². The largest absolute Gasteiger partial charge is 0.462 e. The first-order chi connectivity index (χ1) is 13.4. The molecule has 148 valence electrons. The highest BCUT2D eigenvalue weighted by Crippen LogP contribution is 2.17. The molecule has 0 fully saturated rings. The van der Waals surface area contributed by atoms with E-state index in [1.807, 2.05) is 18.2 Å². The Hall–Kier alpha value is -2.71. The molecule has 3 rings (SSSR count). The van der Waals surface area contributed by atoms with Crippen molar-refractivity contribution in [2.75, 3.05) is 27.2 Å². The van der Waals surface area contributed by atoms with Crippen LogP contribution in [0, 0.1) is 0 Å². The highest BCUT2D eigenvalue weighted by Gasteiger charge is 2.18. The van der Waals surface area contributed by atoms with Crippen LogP contribution in [-0.4, -0.2) is 51.8 Å². The molecule has 0 spiro atoms. The van der Waals surface area contributed by atoms with E-state index in [1.54, 1.807) is 0 Å². The van der Waals surface area contributed by atoms with Gasteiger partial charge in [0.15, 0.2) is 0 Å². The molecule has 0 bridgehead atoms. The van der Waals surface area contributed by atoms with Crippen molar-refractivity contribution in [3.05, 3.63) is 65.2 Å². The Balaban J connectivity index is 1.44. The monoisotopic (exact) mass is 401 g/mol. The topological polar surface area (TPSA) is 88.1 Å². The van der Waals surface area contributed by atoms with Gasteiger partial charge in [0.2, 0.25) is 10.0 Å². The molecular weight excluding hydrogens is 378 g/mol. The van der Waals surface area contributed by atoms with Crippen LogP contribution in [0.2, 0.25) is 0 Å². The smallest absolute Gasteiger partial charge is 0.338 e. The lowest BCUT2D eigenvalue weighted by Crippen LogP contribution is -2.25. The predicted molar refractivity (Wildman–Crippen MR) is 107 cm³/mol. The maximum Gasteiger partial charge on any atom is 0.338 e. The molecule has 0 saturated carbocycles. The van der Waals surface area contributed by atoms with E-state index in [1.165, 1.54) is 43.9 Å². The number of carbonyl (C=O) groups excluding carboxylic acids is 1. The van der Waals surface area contributed by atoms with Crippen LogP contribution in [0.5, 0.6) is 0 Å². The lowest BCUT2D eigenvalue weighted by molar-refractivity contribution is 0.0501. The SMILES string of the molecule is CN(C)S(=O)(=O)c1ccc(C(=O)OCCCNC2=NCc3ccccc32)cc1. The van der Waals surface area contributed by atoms with Crippen LogP contribution < -0.4 is 5.32 Å². The molecule has 1 N–H and O–H groups in total. The summed E-state index contributed by atoms with van der Waals surface area (Å²) in [6.07, 6.45) is 0.639. The highest BCUT2D eigenvalue weighted by atomic mass is 32.2. The number of hydrogen-bond acceptors (Lipinski definition) is 6. The maximum absolute atomic E-state index is 12.1. The molecule has 0 aromatic heterocycles. The van der Waals surface area contributed by atoms with Gasteiger partial charge in [0.05, 0.1) is 23.6 Å². The molecule has 2 aromatic rings. The minimum atomic E-state index is -3.51. The molecule has 1 aliphatic rings. The predicted octanol–water partition coefficient (Wildman–Crippen LogP) is 2.03. The van der Waals surface area contributed by atoms with Crippen LogP contribution >= 0.6 is 0 Å². The minimum Gasteiger partial charge on any atom is -0.462 e. The van der Waals surface area contributed by atoms with Gasteiger partial charge in [-0.1, -0.05) is 24.3 Å². The van der Waals surface area contributed by atoms with E-state index < -0.39 is 16.0 Å². The number of benzene rings is 2. The summed E-state index contributed by atoms with van der Waals surface area (Å²) in [5.74, 6) is 0.400. The van der Waals surface area contributed by atoms with Crippen molar-refractivity contribution in [1.82, 2.24) is 9.62 Å². The number of aliphatic imine (C=N–C) groups is 1. The molecule has 1 heterocycles. The molecule has 8 heteroatoms. The Morgan fingerprint density at radius 3 is 2.57 bits per heavy atom. The van der Waals surface area contributed by atoms with E-state index in [0.717, 1.165) is 15.7 Å². The first-order valence-electron chi connectivity index (χ1n) is 8.96. The molecule has 0 radical (unpaired) electrons. The second-order valence-electron chi connectivity index (χ2n) is 6.55. The third kappa shape index (κ3) is 4.40. The van der Waals surface area contributed by atoms with Crippen LogP contribution in [0.4, 0.5) is 0 Å². The third-order valence-corrected chi connectivity index (χ3v) is 6.22. The zero-order chi connectivity index (χ0) is 20.1. The average molecular weight is 401 g/mol. The minimum absolute atomic E-state index is 0.135. The van der Waals surface area contributed by atoms with Crippen molar-refractivity contribution < 1.29 is 17.9 Å². The molecule has 0 aliphatic carbocycles. The van der Waals surface area contributed by atoms with E-state index >= 15 is 0 Å². The van der Waals surface area contributed by atoms with Crippen molar-refractivity contribution in [3.8, 4) is 0 Å². The number of esters is 1. The second kappa shape index (κ2) is 8.53. The van der Waals surface area contributed by atoms with E-state index in [4.69, 9.17) is 4.74 Å². The van der Waals surface area contributed by atoms with Gasteiger partial charge in [0.25, 0.3) is 0 Å². The molecule has 0 amide bonds. The Morgan fingerprint density at radius 1 is 1.14 bits per heavy atom. The van der Waals surface area contributed by atoms with Crippen molar-refractivity contribution >= 4 is 21.8 Å². The number of nitrogens with zero attached hydrogens (tertiary/aromatic N) is 2. The van der Waals surface area contributed by atoms with Crippen LogP contribution in [0.1, 0.15) is 27.9 Å². The van der Waals surface area contributed by atoms with Gasteiger partial charge in [-0.2, -0.15) is 0 Å². The van der Waals surface area contributed by atoms with Crippen LogP contribution in [0.3, 0.4) is 0 Å². The van der Waals surface area contributed by atoms with Gasteiger partial charge in [-0.3, -0.25) is 4.99 Å². The molecule has 0 unspecified atom stereocenters. The summed E-state index contributed by atoms with van der Waals surface area (Å²) < 4.78 is 30.5. The number of fused-ring (bicyclic) bond motifs is 1. The van der Waals surface area contributed by atoms with E-state index in [0.29, 0.717) is 25.1 Å². The molecule has 28 heavy (non-hydrogen) atoms. The highest BCUT2D eigenvalue weighted by molar-refractivity contribution is 7.89. The lowest BCUT2D eigenvalue weighted by Gasteiger charge is -2.11. The number of carbonyl (C=O) groups is 1. The number of nitrogens with one attached hydrogen (secondary N) is 1. The number of sulfonamides is 1. The normalized spacial score (nSPS) is 13.2.